The van der Waals surface area contributed by atoms with Crippen molar-refractivity contribution >= 4 is 34.0 Å². The Morgan fingerprint density at radius 2 is 2.00 bits per heavy atom. The summed E-state index contributed by atoms with van der Waals surface area (Å²) in [6, 6.07) is 6.34. The number of aryl methyl sites for hydroxylation is 2. The summed E-state index contributed by atoms with van der Waals surface area (Å²) >= 11 is 2.79. The van der Waals surface area contributed by atoms with Gasteiger partial charge in [-0.2, -0.15) is 10.5 Å². The second kappa shape index (κ2) is 8.79. The molecular formula is C23H26N4OS2. The summed E-state index contributed by atoms with van der Waals surface area (Å²) in [5.74, 6) is 0.532. The molecule has 0 spiro atoms. The van der Waals surface area contributed by atoms with Crippen LogP contribution in [0.15, 0.2) is 11.1 Å². The van der Waals surface area contributed by atoms with Gasteiger partial charge in [0, 0.05) is 10.6 Å². The molecular weight excluding hydrogens is 412 g/mol. The maximum Gasteiger partial charge on any atom is 0.235 e. The predicted molar refractivity (Wildman–Crippen MR) is 122 cm³/mol. The molecule has 2 aromatic rings. The standard InChI is InChI=1S/C23H26N4OS2/c1-13-8-14(2)26-21(17(13)10-24)29-12-20(28)27-22-18(11-25)16-7-6-15(23(3,4)5)9-19(16)30-22/h8,15H,6-7,9,12H2,1-5H3,(H,27,28)/t15-/m0/s1. The zero-order chi connectivity index (χ0) is 22.1. The molecule has 1 amide bonds. The zero-order valence-corrected chi connectivity index (χ0v) is 19.7. The molecule has 3 rings (SSSR count). The zero-order valence-electron chi connectivity index (χ0n) is 18.0. The van der Waals surface area contributed by atoms with Crippen LogP contribution in [0, 0.1) is 47.8 Å². The van der Waals surface area contributed by atoms with Crippen molar-refractivity contribution in [3.05, 3.63) is 38.9 Å². The van der Waals surface area contributed by atoms with Crippen LogP contribution in [0.4, 0.5) is 5.00 Å². The lowest BCUT2D eigenvalue weighted by atomic mass is 9.72. The molecule has 1 atom stereocenters. The quantitative estimate of drug-likeness (QED) is 0.647. The summed E-state index contributed by atoms with van der Waals surface area (Å²) in [5.41, 5.74) is 4.14. The van der Waals surface area contributed by atoms with Crippen LogP contribution in [-0.4, -0.2) is 16.6 Å². The topological polar surface area (TPSA) is 89.6 Å². The van der Waals surface area contributed by atoms with Crippen LogP contribution in [0.1, 0.15) is 60.0 Å². The number of hydrogen-bond donors (Lipinski definition) is 1. The first-order valence-electron chi connectivity index (χ1n) is 9.99. The maximum absolute atomic E-state index is 12.6. The molecule has 0 unspecified atom stereocenters. The van der Waals surface area contributed by atoms with Gasteiger partial charge in [-0.1, -0.05) is 32.5 Å². The summed E-state index contributed by atoms with van der Waals surface area (Å²) in [5, 5.41) is 23.2. The predicted octanol–water partition coefficient (Wildman–Crippen LogP) is 5.39. The maximum atomic E-state index is 12.6. The Morgan fingerprint density at radius 1 is 1.30 bits per heavy atom. The van der Waals surface area contributed by atoms with Gasteiger partial charge in [-0.25, -0.2) is 4.98 Å². The average molecular weight is 439 g/mol. The second-order valence-corrected chi connectivity index (χ2v) is 10.9. The monoisotopic (exact) mass is 438 g/mol. The van der Waals surface area contributed by atoms with Crippen molar-refractivity contribution in [1.29, 1.82) is 10.5 Å². The highest BCUT2D eigenvalue weighted by atomic mass is 32.2. The molecule has 2 aromatic heterocycles. The minimum Gasteiger partial charge on any atom is -0.316 e. The number of hydrogen-bond acceptors (Lipinski definition) is 6. The van der Waals surface area contributed by atoms with Crippen LogP contribution < -0.4 is 5.32 Å². The Balaban J connectivity index is 1.74. The first kappa shape index (κ1) is 22.3. The highest BCUT2D eigenvalue weighted by molar-refractivity contribution is 8.00. The Labute approximate surface area is 186 Å². The first-order valence-corrected chi connectivity index (χ1v) is 11.8. The van der Waals surface area contributed by atoms with E-state index in [1.54, 1.807) is 0 Å². The lowest BCUT2D eigenvalue weighted by Gasteiger charge is -2.33. The smallest absolute Gasteiger partial charge is 0.235 e. The van der Waals surface area contributed by atoms with Gasteiger partial charge in [0.15, 0.2) is 0 Å². The largest absolute Gasteiger partial charge is 0.316 e. The number of anilines is 1. The Kier molecular flexibility index (Phi) is 6.55. The number of rotatable bonds is 4. The summed E-state index contributed by atoms with van der Waals surface area (Å²) in [6.07, 6.45) is 2.92. The summed E-state index contributed by atoms with van der Waals surface area (Å²) in [4.78, 5) is 18.3. The highest BCUT2D eigenvalue weighted by Crippen LogP contribution is 2.44. The van der Waals surface area contributed by atoms with E-state index in [0.717, 1.165) is 36.1 Å². The van der Waals surface area contributed by atoms with E-state index in [-0.39, 0.29) is 17.1 Å². The Morgan fingerprint density at radius 3 is 2.63 bits per heavy atom. The lowest BCUT2D eigenvalue weighted by molar-refractivity contribution is -0.113. The first-order chi connectivity index (χ1) is 14.1. The summed E-state index contributed by atoms with van der Waals surface area (Å²) < 4.78 is 0. The van der Waals surface area contributed by atoms with Gasteiger partial charge in [0.25, 0.3) is 0 Å². The number of carbonyl (C=O) groups is 1. The van der Waals surface area contributed by atoms with Gasteiger partial charge in [-0.05, 0) is 61.6 Å². The van der Waals surface area contributed by atoms with Crippen molar-refractivity contribution in [1.82, 2.24) is 4.98 Å². The molecule has 2 heterocycles. The third kappa shape index (κ3) is 4.69. The third-order valence-electron chi connectivity index (χ3n) is 5.62. The molecule has 0 radical (unpaired) electrons. The van der Waals surface area contributed by atoms with E-state index in [1.165, 1.54) is 28.0 Å². The van der Waals surface area contributed by atoms with Crippen LogP contribution in [0.2, 0.25) is 0 Å². The number of aromatic nitrogens is 1. The van der Waals surface area contributed by atoms with Crippen LogP contribution in [0.25, 0.3) is 0 Å². The van der Waals surface area contributed by atoms with E-state index in [4.69, 9.17) is 0 Å². The van der Waals surface area contributed by atoms with Gasteiger partial charge >= 0.3 is 0 Å². The molecule has 0 saturated heterocycles. The molecule has 7 heteroatoms. The van der Waals surface area contributed by atoms with Crippen LogP contribution >= 0.6 is 23.1 Å². The van der Waals surface area contributed by atoms with Crippen molar-refractivity contribution in [3.63, 3.8) is 0 Å². The van der Waals surface area contributed by atoms with Gasteiger partial charge in [0.2, 0.25) is 5.91 Å². The minimum absolute atomic E-state index is 0.141. The van der Waals surface area contributed by atoms with Gasteiger partial charge < -0.3 is 5.32 Å². The number of amides is 1. The molecule has 1 aliphatic rings. The minimum atomic E-state index is -0.188. The van der Waals surface area contributed by atoms with E-state index in [0.29, 0.717) is 27.1 Å². The molecule has 156 valence electrons. The molecule has 0 aliphatic heterocycles. The van der Waals surface area contributed by atoms with Crippen molar-refractivity contribution in [2.45, 2.75) is 58.9 Å². The summed E-state index contributed by atoms with van der Waals surface area (Å²) in [6.45, 7) is 10.5. The number of pyridine rings is 1. The van der Waals surface area contributed by atoms with Crippen molar-refractivity contribution in [2.75, 3.05) is 11.1 Å². The fourth-order valence-electron chi connectivity index (χ4n) is 3.87. The van der Waals surface area contributed by atoms with E-state index in [1.807, 2.05) is 19.9 Å². The number of carbonyl (C=O) groups excluding carboxylic acids is 1. The van der Waals surface area contributed by atoms with Crippen molar-refractivity contribution in [3.8, 4) is 12.1 Å². The van der Waals surface area contributed by atoms with Crippen molar-refractivity contribution in [2.24, 2.45) is 11.3 Å². The summed E-state index contributed by atoms with van der Waals surface area (Å²) in [7, 11) is 0. The normalized spacial score (nSPS) is 15.8. The van der Waals surface area contributed by atoms with E-state index in [9.17, 15) is 15.3 Å². The number of nitrogens with one attached hydrogen (secondary N) is 1. The van der Waals surface area contributed by atoms with E-state index in [2.05, 4.69) is 43.2 Å². The SMILES string of the molecule is Cc1cc(C)c(C#N)c(SCC(=O)Nc2sc3c(c2C#N)CC[C@H](C(C)(C)C)C3)n1. The molecule has 5 nitrogen and oxygen atoms in total. The van der Waals surface area contributed by atoms with Gasteiger partial charge in [0.05, 0.1) is 16.9 Å². The molecule has 1 N–H and O–H groups in total. The molecule has 0 saturated carbocycles. The van der Waals surface area contributed by atoms with Crippen LogP contribution in [0.3, 0.4) is 0 Å². The fourth-order valence-corrected chi connectivity index (χ4v) is 6.06. The lowest BCUT2D eigenvalue weighted by Crippen LogP contribution is -2.26. The molecule has 30 heavy (non-hydrogen) atoms. The number of thiophene rings is 1. The molecule has 0 fully saturated rings. The van der Waals surface area contributed by atoms with Gasteiger partial charge in [0.1, 0.15) is 22.2 Å². The fraction of sp³-hybridized carbons (Fsp3) is 0.478. The number of nitriles is 2. The van der Waals surface area contributed by atoms with Crippen LogP contribution in [-0.2, 0) is 17.6 Å². The third-order valence-corrected chi connectivity index (χ3v) is 7.76. The molecule has 1 aliphatic carbocycles. The number of thioether (sulfide) groups is 1. The second-order valence-electron chi connectivity index (χ2n) is 8.83. The van der Waals surface area contributed by atoms with Gasteiger partial charge in [-0.15, -0.1) is 11.3 Å². The number of nitrogens with zero attached hydrogens (tertiary/aromatic N) is 3. The Bertz CT molecular complexity index is 1070. The van der Waals surface area contributed by atoms with Gasteiger partial charge in [-0.3, -0.25) is 4.79 Å². The average Bonchev–Trinajstić information content (AvgIpc) is 3.01. The van der Waals surface area contributed by atoms with E-state index < -0.39 is 0 Å². The van der Waals surface area contributed by atoms with Crippen LogP contribution in [0.5, 0.6) is 0 Å². The molecule has 0 bridgehead atoms. The van der Waals surface area contributed by atoms with Crippen molar-refractivity contribution < 1.29 is 4.79 Å². The molecule has 0 aromatic carbocycles. The highest BCUT2D eigenvalue weighted by Gasteiger charge is 2.32. The number of fused-ring (bicyclic) bond motifs is 1. The van der Waals surface area contributed by atoms with E-state index >= 15 is 0 Å². The Hall–Kier alpha value is -2.35.